The zero-order valence-electron chi connectivity index (χ0n) is 12.1. The number of anilines is 1. The van der Waals surface area contributed by atoms with Gasteiger partial charge in [0.2, 0.25) is 0 Å². The number of nitrogens with zero attached hydrogens (tertiary/aromatic N) is 2. The van der Waals surface area contributed by atoms with E-state index in [1.165, 1.54) is 24.3 Å². The lowest BCUT2D eigenvalue weighted by Gasteiger charge is -2.06. The van der Waals surface area contributed by atoms with Crippen molar-refractivity contribution in [2.45, 2.75) is 13.8 Å². The summed E-state index contributed by atoms with van der Waals surface area (Å²) in [6.07, 6.45) is 0. The third-order valence-corrected chi connectivity index (χ3v) is 2.31. The summed E-state index contributed by atoms with van der Waals surface area (Å²) in [4.78, 5) is 33.3. The van der Waals surface area contributed by atoms with Gasteiger partial charge >= 0.3 is 11.9 Å². The second-order valence-corrected chi connectivity index (χ2v) is 3.82. The van der Waals surface area contributed by atoms with Crippen LogP contribution in [-0.4, -0.2) is 35.8 Å². The molecule has 0 bridgehead atoms. The molecular weight excluding hydrogens is 294 g/mol. The van der Waals surface area contributed by atoms with Gasteiger partial charge in [0.1, 0.15) is 0 Å². The van der Waals surface area contributed by atoms with Gasteiger partial charge in [-0.15, -0.1) is 0 Å². The molecule has 0 radical (unpaired) electrons. The molecule has 0 spiro atoms. The van der Waals surface area contributed by atoms with Crippen molar-refractivity contribution in [2.75, 3.05) is 18.6 Å². The second kappa shape index (κ2) is 8.35. The molecule has 1 aromatic rings. The molecule has 0 aliphatic heterocycles. The third kappa shape index (κ3) is 4.85. The van der Waals surface area contributed by atoms with Gasteiger partial charge in [-0.05, 0) is 26.0 Å². The molecule has 0 amide bonds. The first-order valence-corrected chi connectivity index (χ1v) is 6.42. The summed E-state index contributed by atoms with van der Waals surface area (Å²) in [5.41, 5.74) is 2.18. The Hall–Kier alpha value is -2.97. The van der Waals surface area contributed by atoms with Crippen molar-refractivity contribution in [3.8, 4) is 0 Å². The number of benzene rings is 1. The molecular formula is C13H15N3O6. The lowest BCUT2D eigenvalue weighted by Crippen LogP contribution is -2.29. The van der Waals surface area contributed by atoms with E-state index in [1.807, 2.05) is 0 Å². The number of non-ortho nitro benzene ring substituents is 1. The Labute approximate surface area is 126 Å². The van der Waals surface area contributed by atoms with Gasteiger partial charge in [0.25, 0.3) is 11.4 Å². The van der Waals surface area contributed by atoms with Gasteiger partial charge < -0.3 is 9.47 Å². The first-order chi connectivity index (χ1) is 10.5. The molecule has 9 heteroatoms. The van der Waals surface area contributed by atoms with Crippen LogP contribution in [0.1, 0.15) is 13.8 Å². The highest BCUT2D eigenvalue weighted by Gasteiger charge is 2.23. The van der Waals surface area contributed by atoms with Crippen molar-refractivity contribution in [3.63, 3.8) is 0 Å². The SMILES string of the molecule is CCOC(=O)C(=NNc1ccc([N+](=O)[O-])cc1)C(=O)OCC. The summed E-state index contributed by atoms with van der Waals surface area (Å²) in [6, 6.07) is 5.28. The average Bonchev–Trinajstić information content (AvgIpc) is 2.48. The molecule has 118 valence electrons. The fourth-order valence-electron chi connectivity index (χ4n) is 1.35. The number of hydrogen-bond donors (Lipinski definition) is 1. The Morgan fingerprint density at radius 1 is 1.14 bits per heavy atom. The van der Waals surface area contributed by atoms with Crippen molar-refractivity contribution >= 4 is 29.0 Å². The van der Waals surface area contributed by atoms with E-state index in [-0.39, 0.29) is 18.9 Å². The highest BCUT2D eigenvalue weighted by molar-refractivity contribution is 6.62. The molecule has 0 saturated heterocycles. The Bertz CT molecular complexity index is 562. The van der Waals surface area contributed by atoms with Crippen LogP contribution < -0.4 is 5.43 Å². The topological polar surface area (TPSA) is 120 Å². The van der Waals surface area contributed by atoms with Gasteiger partial charge in [-0.2, -0.15) is 5.10 Å². The van der Waals surface area contributed by atoms with Gasteiger partial charge in [-0.1, -0.05) is 0 Å². The molecule has 0 saturated carbocycles. The van der Waals surface area contributed by atoms with Gasteiger partial charge in [0.15, 0.2) is 0 Å². The predicted molar refractivity (Wildman–Crippen MR) is 77.4 cm³/mol. The maximum atomic E-state index is 11.6. The standard InChI is InChI=1S/C13H15N3O6/c1-3-21-12(17)11(13(18)22-4-2)15-14-9-5-7-10(8-6-9)16(19)20/h5-8,14H,3-4H2,1-2H3. The lowest BCUT2D eigenvalue weighted by molar-refractivity contribution is -0.384. The molecule has 1 N–H and O–H groups in total. The number of hydrazone groups is 1. The highest BCUT2D eigenvalue weighted by atomic mass is 16.6. The number of esters is 2. The van der Waals surface area contributed by atoms with Crippen LogP contribution in [-0.2, 0) is 19.1 Å². The number of rotatable bonds is 7. The van der Waals surface area contributed by atoms with Crippen LogP contribution in [0.4, 0.5) is 11.4 Å². The van der Waals surface area contributed by atoms with Crippen LogP contribution in [0.5, 0.6) is 0 Å². The number of hydrogen-bond acceptors (Lipinski definition) is 8. The van der Waals surface area contributed by atoms with Crippen LogP contribution in [0, 0.1) is 10.1 Å². The van der Waals surface area contributed by atoms with Crippen molar-refractivity contribution in [1.82, 2.24) is 0 Å². The minimum Gasteiger partial charge on any atom is -0.461 e. The highest BCUT2D eigenvalue weighted by Crippen LogP contribution is 2.15. The summed E-state index contributed by atoms with van der Waals surface area (Å²) < 4.78 is 9.42. The van der Waals surface area contributed by atoms with Gasteiger partial charge in [0, 0.05) is 12.1 Å². The number of nitro benzene ring substituents is 1. The minimum absolute atomic E-state index is 0.0782. The molecule has 0 aromatic heterocycles. The van der Waals surface area contributed by atoms with E-state index in [2.05, 4.69) is 10.5 Å². The van der Waals surface area contributed by atoms with Crippen molar-refractivity contribution in [3.05, 3.63) is 34.4 Å². The lowest BCUT2D eigenvalue weighted by atomic mass is 10.3. The molecule has 0 atom stereocenters. The molecule has 22 heavy (non-hydrogen) atoms. The second-order valence-electron chi connectivity index (χ2n) is 3.82. The van der Waals surface area contributed by atoms with Crippen molar-refractivity contribution in [2.24, 2.45) is 5.10 Å². The molecule has 0 heterocycles. The minimum atomic E-state index is -0.921. The van der Waals surface area contributed by atoms with Crippen LogP contribution in [0.15, 0.2) is 29.4 Å². The normalized spacial score (nSPS) is 9.55. The molecule has 1 aromatic carbocycles. The van der Waals surface area contributed by atoms with Gasteiger partial charge in [-0.25, -0.2) is 9.59 Å². The zero-order valence-corrected chi connectivity index (χ0v) is 12.1. The van der Waals surface area contributed by atoms with Gasteiger partial charge in [-0.3, -0.25) is 15.5 Å². The smallest absolute Gasteiger partial charge is 0.366 e. The van der Waals surface area contributed by atoms with E-state index in [1.54, 1.807) is 13.8 Å². The number of ether oxygens (including phenoxy) is 2. The van der Waals surface area contributed by atoms with Crippen molar-refractivity contribution in [1.29, 1.82) is 0 Å². The van der Waals surface area contributed by atoms with Crippen LogP contribution in [0.2, 0.25) is 0 Å². The van der Waals surface area contributed by atoms with E-state index in [0.717, 1.165) is 0 Å². The van der Waals surface area contributed by atoms with E-state index in [0.29, 0.717) is 5.69 Å². The molecule has 0 fully saturated rings. The summed E-state index contributed by atoms with van der Waals surface area (Å²) in [7, 11) is 0. The fourth-order valence-corrected chi connectivity index (χ4v) is 1.35. The maximum absolute atomic E-state index is 11.6. The number of carbonyl (C=O) groups excluding carboxylic acids is 2. The number of nitro groups is 1. The average molecular weight is 309 g/mol. The fraction of sp³-hybridized carbons (Fsp3) is 0.308. The molecule has 0 unspecified atom stereocenters. The Kier molecular flexibility index (Phi) is 6.48. The number of carbonyl (C=O) groups is 2. The predicted octanol–water partition coefficient (Wildman–Crippen LogP) is 1.49. The van der Waals surface area contributed by atoms with Crippen LogP contribution in [0.3, 0.4) is 0 Å². The monoisotopic (exact) mass is 309 g/mol. The molecule has 0 aliphatic carbocycles. The van der Waals surface area contributed by atoms with Gasteiger partial charge in [0.05, 0.1) is 23.8 Å². The summed E-state index contributed by atoms with van der Waals surface area (Å²) in [6.45, 7) is 3.33. The number of nitrogens with one attached hydrogen (secondary N) is 1. The van der Waals surface area contributed by atoms with Crippen LogP contribution >= 0.6 is 0 Å². The maximum Gasteiger partial charge on any atom is 0.366 e. The molecule has 0 aliphatic rings. The van der Waals surface area contributed by atoms with E-state index in [9.17, 15) is 19.7 Å². The Morgan fingerprint density at radius 2 is 1.64 bits per heavy atom. The van der Waals surface area contributed by atoms with E-state index in [4.69, 9.17) is 9.47 Å². The Balaban J connectivity index is 2.89. The van der Waals surface area contributed by atoms with E-state index < -0.39 is 22.6 Å². The summed E-state index contributed by atoms with van der Waals surface area (Å²) in [5, 5.41) is 14.2. The van der Waals surface area contributed by atoms with E-state index >= 15 is 0 Å². The summed E-state index contributed by atoms with van der Waals surface area (Å²) in [5.74, 6) is -1.84. The largest absolute Gasteiger partial charge is 0.461 e. The molecule has 1 rings (SSSR count). The van der Waals surface area contributed by atoms with Crippen LogP contribution in [0.25, 0.3) is 0 Å². The third-order valence-electron chi connectivity index (χ3n) is 2.31. The first-order valence-electron chi connectivity index (χ1n) is 6.42. The van der Waals surface area contributed by atoms with Crippen molar-refractivity contribution < 1.29 is 24.0 Å². The summed E-state index contributed by atoms with van der Waals surface area (Å²) >= 11 is 0. The first kappa shape index (κ1) is 17.1. The zero-order chi connectivity index (χ0) is 16.5. The Morgan fingerprint density at radius 3 is 2.05 bits per heavy atom. The quantitative estimate of drug-likeness (QED) is 0.266. The molecule has 9 nitrogen and oxygen atoms in total.